The van der Waals surface area contributed by atoms with E-state index in [0.29, 0.717) is 0 Å². The van der Waals surface area contributed by atoms with E-state index < -0.39 is 0 Å². The van der Waals surface area contributed by atoms with Crippen LogP contribution < -0.4 is 11.5 Å². The van der Waals surface area contributed by atoms with E-state index in [-0.39, 0.29) is 0 Å². The van der Waals surface area contributed by atoms with Gasteiger partial charge >= 0.3 is 0 Å². The molecule has 0 bridgehead atoms. The van der Waals surface area contributed by atoms with Crippen LogP contribution in [0, 0.1) is 0 Å². The van der Waals surface area contributed by atoms with E-state index in [9.17, 15) is 0 Å². The van der Waals surface area contributed by atoms with Gasteiger partial charge in [0.15, 0.2) is 0 Å². The van der Waals surface area contributed by atoms with Crippen LogP contribution in [0.2, 0.25) is 0 Å². The minimum absolute atomic E-state index is 0.754. The summed E-state index contributed by atoms with van der Waals surface area (Å²) in [6.45, 7) is 0. The molecule has 10 heavy (non-hydrogen) atoms. The molecule has 1 aromatic rings. The van der Waals surface area contributed by atoms with Crippen molar-refractivity contribution < 1.29 is 0 Å². The second-order valence-electron chi connectivity index (χ2n) is 1.99. The first-order valence-electron chi connectivity index (χ1n) is 3.07. The van der Waals surface area contributed by atoms with Gasteiger partial charge in [-0.3, -0.25) is 0 Å². The van der Waals surface area contributed by atoms with Gasteiger partial charge in [0.25, 0.3) is 0 Å². The lowest BCUT2D eigenvalue weighted by molar-refractivity contribution is 1.59. The van der Waals surface area contributed by atoms with Crippen molar-refractivity contribution in [3.8, 4) is 0 Å². The lowest BCUT2D eigenvalue weighted by atomic mass is 10.2. The summed E-state index contributed by atoms with van der Waals surface area (Å²) in [5, 5.41) is 0. The normalized spacial score (nSPS) is 10.4. The molecule has 4 N–H and O–H groups in total. The molecule has 0 spiro atoms. The largest absolute Gasteiger partial charge is 0.405 e. The van der Waals surface area contributed by atoms with Gasteiger partial charge in [0.2, 0.25) is 0 Å². The Bertz CT molecular complexity index is 241. The minimum Gasteiger partial charge on any atom is -0.405 e. The maximum Gasteiger partial charge on any atom is 0.0388 e. The molecule has 0 aromatic heterocycles. The van der Waals surface area contributed by atoms with Gasteiger partial charge in [0.05, 0.1) is 0 Å². The van der Waals surface area contributed by atoms with E-state index in [2.05, 4.69) is 0 Å². The highest BCUT2D eigenvalue weighted by molar-refractivity contribution is 5.63. The van der Waals surface area contributed by atoms with Gasteiger partial charge in [-0.1, -0.05) is 18.2 Å². The summed E-state index contributed by atoms with van der Waals surface area (Å²) in [6, 6.07) is 7.57. The van der Waals surface area contributed by atoms with Gasteiger partial charge in [-0.25, -0.2) is 0 Å². The summed E-state index contributed by atoms with van der Waals surface area (Å²) >= 11 is 0. The Balaban J connectivity index is 3.03. The second-order valence-corrected chi connectivity index (χ2v) is 1.99. The molecule has 1 rings (SSSR count). The highest BCUT2D eigenvalue weighted by Gasteiger charge is 1.88. The molecule has 0 radical (unpaired) electrons. The van der Waals surface area contributed by atoms with Crippen molar-refractivity contribution in [2.24, 2.45) is 5.73 Å². The van der Waals surface area contributed by atoms with Gasteiger partial charge in [-0.05, 0) is 23.9 Å². The smallest absolute Gasteiger partial charge is 0.0388 e. The Morgan fingerprint density at radius 1 is 1.20 bits per heavy atom. The van der Waals surface area contributed by atoms with Crippen LogP contribution >= 0.6 is 0 Å². The molecule has 52 valence electrons. The van der Waals surface area contributed by atoms with E-state index >= 15 is 0 Å². The van der Waals surface area contributed by atoms with Crippen molar-refractivity contribution in [1.82, 2.24) is 0 Å². The van der Waals surface area contributed by atoms with Crippen molar-refractivity contribution in [1.29, 1.82) is 0 Å². The van der Waals surface area contributed by atoms with Crippen molar-refractivity contribution in [3.63, 3.8) is 0 Å². The van der Waals surface area contributed by atoms with Crippen LogP contribution in [0.4, 0.5) is 5.69 Å². The molecule has 0 unspecified atom stereocenters. The molecule has 2 nitrogen and oxygen atoms in total. The molecule has 2 heteroatoms. The Morgan fingerprint density at radius 2 is 1.90 bits per heavy atom. The quantitative estimate of drug-likeness (QED) is 0.567. The highest BCUT2D eigenvalue weighted by Crippen LogP contribution is 2.10. The molecule has 0 saturated carbocycles. The van der Waals surface area contributed by atoms with Crippen molar-refractivity contribution in [2.45, 2.75) is 0 Å². The van der Waals surface area contributed by atoms with E-state index in [1.807, 2.05) is 24.3 Å². The van der Waals surface area contributed by atoms with Gasteiger partial charge < -0.3 is 11.5 Å². The Kier molecular flexibility index (Phi) is 1.95. The molecule has 0 heterocycles. The van der Waals surface area contributed by atoms with Crippen LogP contribution in [0.5, 0.6) is 0 Å². The van der Waals surface area contributed by atoms with Gasteiger partial charge in [0.1, 0.15) is 0 Å². The third-order valence-corrected chi connectivity index (χ3v) is 1.27. The van der Waals surface area contributed by atoms with Gasteiger partial charge in [-0.2, -0.15) is 0 Å². The fourth-order valence-electron chi connectivity index (χ4n) is 0.766. The first-order valence-corrected chi connectivity index (χ1v) is 3.07. The molecule has 1 aromatic carbocycles. The third kappa shape index (κ3) is 1.29. The van der Waals surface area contributed by atoms with E-state index in [0.717, 1.165) is 11.3 Å². The molecule has 0 fully saturated rings. The van der Waals surface area contributed by atoms with Crippen LogP contribution in [-0.4, -0.2) is 0 Å². The van der Waals surface area contributed by atoms with E-state index in [1.165, 1.54) is 6.20 Å². The maximum atomic E-state index is 5.60. The molecular weight excluding hydrogens is 124 g/mol. The Hall–Kier alpha value is -1.44. The minimum atomic E-state index is 0.754. The summed E-state index contributed by atoms with van der Waals surface area (Å²) in [5.41, 5.74) is 12.5. The van der Waals surface area contributed by atoms with Crippen molar-refractivity contribution >= 4 is 11.8 Å². The maximum absolute atomic E-state index is 5.60. The fourth-order valence-corrected chi connectivity index (χ4v) is 0.766. The molecular formula is C8H10N2. The average Bonchev–Trinajstić information content (AvgIpc) is 1.94. The zero-order valence-corrected chi connectivity index (χ0v) is 5.62. The van der Waals surface area contributed by atoms with Crippen molar-refractivity contribution in [2.75, 3.05) is 5.73 Å². The number of hydrogen-bond acceptors (Lipinski definition) is 2. The van der Waals surface area contributed by atoms with Crippen LogP contribution in [0.15, 0.2) is 30.5 Å². The predicted molar refractivity (Wildman–Crippen MR) is 44.1 cm³/mol. The van der Waals surface area contributed by atoms with Crippen LogP contribution in [-0.2, 0) is 0 Å². The predicted octanol–water partition coefficient (Wildman–Crippen LogP) is 1.20. The summed E-state index contributed by atoms with van der Waals surface area (Å²) in [5.74, 6) is 0. The summed E-state index contributed by atoms with van der Waals surface area (Å²) < 4.78 is 0. The van der Waals surface area contributed by atoms with Crippen LogP contribution in [0.1, 0.15) is 5.56 Å². The van der Waals surface area contributed by atoms with Crippen LogP contribution in [0.3, 0.4) is 0 Å². The molecule has 0 aliphatic heterocycles. The lowest BCUT2D eigenvalue weighted by Crippen LogP contribution is -1.88. The summed E-state index contributed by atoms with van der Waals surface area (Å²) in [4.78, 5) is 0. The highest BCUT2D eigenvalue weighted by atomic mass is 14.6. The number of benzene rings is 1. The fraction of sp³-hybridized carbons (Fsp3) is 0. The molecule has 0 atom stereocenters. The standard InChI is InChI=1S/C8H10N2/c9-6-5-7-3-1-2-4-8(7)10/h1-6H,9-10H2. The number of nitrogen functional groups attached to an aromatic ring is 1. The molecule has 0 aliphatic rings. The number of para-hydroxylation sites is 1. The molecule has 0 aliphatic carbocycles. The van der Waals surface area contributed by atoms with Gasteiger partial charge in [0, 0.05) is 5.69 Å². The zero-order valence-electron chi connectivity index (χ0n) is 5.62. The molecule has 0 saturated heterocycles. The number of nitrogens with two attached hydrogens (primary N) is 2. The second kappa shape index (κ2) is 2.92. The first kappa shape index (κ1) is 6.68. The number of hydrogen-bond donors (Lipinski definition) is 2. The first-order chi connectivity index (χ1) is 4.84. The van der Waals surface area contributed by atoms with Crippen LogP contribution in [0.25, 0.3) is 6.08 Å². The van der Waals surface area contributed by atoms with E-state index in [4.69, 9.17) is 11.5 Å². The van der Waals surface area contributed by atoms with Crippen molar-refractivity contribution in [3.05, 3.63) is 36.0 Å². The average molecular weight is 134 g/mol. The van der Waals surface area contributed by atoms with E-state index in [1.54, 1.807) is 6.08 Å². The summed E-state index contributed by atoms with van der Waals surface area (Å²) in [7, 11) is 0. The topological polar surface area (TPSA) is 52.0 Å². The summed E-state index contributed by atoms with van der Waals surface area (Å²) in [6.07, 6.45) is 3.25. The zero-order chi connectivity index (χ0) is 7.40. The molecule has 0 amide bonds. The number of rotatable bonds is 1. The monoisotopic (exact) mass is 134 g/mol. The van der Waals surface area contributed by atoms with Gasteiger partial charge in [-0.15, -0.1) is 0 Å². The SMILES string of the molecule is NC=Cc1ccccc1N. The Labute approximate surface area is 60.2 Å². The Morgan fingerprint density at radius 3 is 2.50 bits per heavy atom. The third-order valence-electron chi connectivity index (χ3n) is 1.27. The lowest BCUT2D eigenvalue weighted by Gasteiger charge is -1.96. The number of anilines is 1.